The highest BCUT2D eigenvalue weighted by molar-refractivity contribution is 7.92. The number of carboxylic acid groups (broad SMARTS) is 1. The number of alkyl halides is 3. The molecule has 10 heteroatoms. The van der Waals surface area contributed by atoms with E-state index in [1.54, 1.807) is 0 Å². The molecule has 0 fully saturated rings. The number of nitrogens with one attached hydrogen (secondary N) is 1. The molecular weight excluding hydrogens is 351 g/mol. The molecule has 0 aliphatic carbocycles. The molecule has 0 saturated carbocycles. The van der Waals surface area contributed by atoms with E-state index in [-0.39, 0.29) is 10.5 Å². The Morgan fingerprint density at radius 2 is 1.62 bits per heavy atom. The molecule has 0 spiro atoms. The summed E-state index contributed by atoms with van der Waals surface area (Å²) < 4.78 is 67.2. The van der Waals surface area contributed by atoms with Gasteiger partial charge in [0, 0.05) is 0 Å². The third kappa shape index (κ3) is 4.38. The van der Waals surface area contributed by atoms with E-state index < -0.39 is 33.8 Å². The third-order valence-electron chi connectivity index (χ3n) is 2.77. The summed E-state index contributed by atoms with van der Waals surface area (Å²) in [6, 6.07) is 8.82. The van der Waals surface area contributed by atoms with E-state index in [9.17, 15) is 26.4 Å². The summed E-state index contributed by atoms with van der Waals surface area (Å²) in [5.74, 6) is -1.95. The normalized spacial score (nSPS) is 11.8. The summed E-state index contributed by atoms with van der Waals surface area (Å²) in [5, 5.41) is 8.77. The molecule has 0 unspecified atom stereocenters. The fourth-order valence-electron chi connectivity index (χ4n) is 1.74. The number of sulfonamides is 1. The van der Waals surface area contributed by atoms with Crippen LogP contribution in [0.3, 0.4) is 0 Å². The first-order chi connectivity index (χ1) is 11.1. The van der Waals surface area contributed by atoms with E-state index in [0.29, 0.717) is 0 Å². The smallest absolute Gasteiger partial charge is 0.478 e. The van der Waals surface area contributed by atoms with Gasteiger partial charge in [0.05, 0.1) is 16.1 Å². The van der Waals surface area contributed by atoms with Crippen LogP contribution in [-0.2, 0) is 10.0 Å². The van der Waals surface area contributed by atoms with Crippen LogP contribution >= 0.6 is 0 Å². The molecule has 24 heavy (non-hydrogen) atoms. The van der Waals surface area contributed by atoms with Gasteiger partial charge >= 0.3 is 12.3 Å². The number of carbonyl (C=O) groups is 1. The zero-order valence-corrected chi connectivity index (χ0v) is 12.6. The number of rotatable bonds is 5. The Morgan fingerprint density at radius 1 is 1.04 bits per heavy atom. The molecule has 2 aromatic carbocycles. The molecular formula is C14H10F3NO5S. The molecule has 2 rings (SSSR count). The fourth-order valence-corrected chi connectivity index (χ4v) is 2.82. The van der Waals surface area contributed by atoms with Crippen molar-refractivity contribution in [3.63, 3.8) is 0 Å². The quantitative estimate of drug-likeness (QED) is 0.854. The molecule has 0 saturated heterocycles. The predicted octanol–water partition coefficient (Wildman–Crippen LogP) is 3.08. The summed E-state index contributed by atoms with van der Waals surface area (Å²) in [7, 11) is -4.22. The minimum Gasteiger partial charge on any atom is -0.478 e. The molecule has 0 radical (unpaired) electrons. The van der Waals surface area contributed by atoms with Crippen molar-refractivity contribution in [2.75, 3.05) is 4.72 Å². The number of anilines is 1. The standard InChI is InChI=1S/C14H10F3NO5S/c15-14(16,17)23-12-4-2-1-3-11(12)18-24(21,22)10-7-5-9(6-8-10)13(19)20/h1-8,18H,(H,19,20). The number of halogens is 3. The van der Waals surface area contributed by atoms with Crippen molar-refractivity contribution in [1.82, 2.24) is 0 Å². The Morgan fingerprint density at radius 3 is 2.17 bits per heavy atom. The lowest BCUT2D eigenvalue weighted by atomic mass is 10.2. The molecule has 0 aliphatic rings. The zero-order valence-electron chi connectivity index (χ0n) is 11.7. The number of aromatic carboxylic acids is 1. The van der Waals surface area contributed by atoms with Gasteiger partial charge in [0.15, 0.2) is 5.75 Å². The van der Waals surface area contributed by atoms with E-state index in [1.807, 2.05) is 4.72 Å². The number of para-hydroxylation sites is 2. The molecule has 0 amide bonds. The Balaban J connectivity index is 2.31. The molecule has 6 nitrogen and oxygen atoms in total. The molecule has 0 aromatic heterocycles. The highest BCUT2D eigenvalue weighted by atomic mass is 32.2. The van der Waals surface area contributed by atoms with Crippen LogP contribution in [0.15, 0.2) is 53.4 Å². The van der Waals surface area contributed by atoms with Gasteiger partial charge in [-0.1, -0.05) is 12.1 Å². The minimum atomic E-state index is -4.98. The maximum Gasteiger partial charge on any atom is 0.573 e. The molecule has 0 atom stereocenters. The van der Waals surface area contributed by atoms with Crippen molar-refractivity contribution in [3.8, 4) is 5.75 Å². The second-order valence-electron chi connectivity index (χ2n) is 4.48. The molecule has 2 aromatic rings. The number of carboxylic acids is 1. The summed E-state index contributed by atoms with van der Waals surface area (Å²) in [6.07, 6.45) is -4.98. The molecule has 2 N–H and O–H groups in total. The first-order valence-corrected chi connectivity index (χ1v) is 7.78. The van der Waals surface area contributed by atoms with E-state index in [0.717, 1.165) is 36.4 Å². The fraction of sp³-hybridized carbons (Fsp3) is 0.0714. The van der Waals surface area contributed by atoms with Crippen LogP contribution in [0.4, 0.5) is 18.9 Å². The van der Waals surface area contributed by atoms with Crippen LogP contribution in [0.1, 0.15) is 10.4 Å². The van der Waals surface area contributed by atoms with Gasteiger partial charge in [0.1, 0.15) is 0 Å². The maximum absolute atomic E-state index is 12.3. The van der Waals surface area contributed by atoms with Crippen molar-refractivity contribution >= 4 is 21.7 Å². The van der Waals surface area contributed by atoms with Crippen LogP contribution in [0.5, 0.6) is 5.75 Å². The van der Waals surface area contributed by atoms with Crippen LogP contribution < -0.4 is 9.46 Å². The van der Waals surface area contributed by atoms with Crippen molar-refractivity contribution in [3.05, 3.63) is 54.1 Å². The number of hydrogen-bond donors (Lipinski definition) is 2. The summed E-state index contributed by atoms with van der Waals surface area (Å²) >= 11 is 0. The minimum absolute atomic E-state index is 0.130. The topological polar surface area (TPSA) is 92.7 Å². The van der Waals surface area contributed by atoms with E-state index in [1.165, 1.54) is 12.1 Å². The number of ether oxygens (including phenoxy) is 1. The summed E-state index contributed by atoms with van der Waals surface area (Å²) in [4.78, 5) is 10.4. The van der Waals surface area contributed by atoms with Crippen LogP contribution in [0.25, 0.3) is 0 Å². The Kier molecular flexibility index (Phi) is 4.69. The second kappa shape index (κ2) is 6.40. The van der Waals surface area contributed by atoms with E-state index in [2.05, 4.69) is 4.74 Å². The highest BCUT2D eigenvalue weighted by Crippen LogP contribution is 2.31. The number of benzene rings is 2. The molecule has 128 valence electrons. The number of hydrogen-bond acceptors (Lipinski definition) is 4. The van der Waals surface area contributed by atoms with Crippen molar-refractivity contribution in [1.29, 1.82) is 0 Å². The van der Waals surface area contributed by atoms with Crippen molar-refractivity contribution in [2.24, 2.45) is 0 Å². The first kappa shape index (κ1) is 17.6. The average Bonchev–Trinajstić information content (AvgIpc) is 2.48. The third-order valence-corrected chi connectivity index (χ3v) is 4.15. The van der Waals surface area contributed by atoms with Gasteiger partial charge < -0.3 is 9.84 Å². The van der Waals surface area contributed by atoms with Gasteiger partial charge in [-0.25, -0.2) is 13.2 Å². The Bertz CT molecular complexity index is 847. The Hall–Kier alpha value is -2.75. The largest absolute Gasteiger partial charge is 0.573 e. The first-order valence-electron chi connectivity index (χ1n) is 6.29. The van der Waals surface area contributed by atoms with Gasteiger partial charge in [-0.3, -0.25) is 4.72 Å². The highest BCUT2D eigenvalue weighted by Gasteiger charge is 2.32. The zero-order chi connectivity index (χ0) is 18.0. The van der Waals surface area contributed by atoms with Gasteiger partial charge in [0.2, 0.25) is 0 Å². The molecule has 0 bridgehead atoms. The average molecular weight is 361 g/mol. The summed E-state index contributed by atoms with van der Waals surface area (Å²) in [5.41, 5.74) is -0.535. The molecule has 0 aliphatic heterocycles. The van der Waals surface area contributed by atoms with Gasteiger partial charge in [0.25, 0.3) is 10.0 Å². The van der Waals surface area contributed by atoms with E-state index in [4.69, 9.17) is 5.11 Å². The van der Waals surface area contributed by atoms with E-state index >= 15 is 0 Å². The van der Waals surface area contributed by atoms with Gasteiger partial charge in [-0.15, -0.1) is 13.2 Å². The monoisotopic (exact) mass is 361 g/mol. The van der Waals surface area contributed by atoms with Gasteiger partial charge in [-0.05, 0) is 36.4 Å². The van der Waals surface area contributed by atoms with Crippen LogP contribution in [0.2, 0.25) is 0 Å². The Labute approximate surface area is 134 Å². The van der Waals surface area contributed by atoms with Crippen LogP contribution in [-0.4, -0.2) is 25.9 Å². The van der Waals surface area contributed by atoms with Crippen molar-refractivity contribution in [2.45, 2.75) is 11.3 Å². The van der Waals surface area contributed by atoms with Gasteiger partial charge in [-0.2, -0.15) is 0 Å². The predicted molar refractivity (Wildman–Crippen MR) is 77.3 cm³/mol. The van der Waals surface area contributed by atoms with Crippen LogP contribution in [0, 0.1) is 0 Å². The second-order valence-corrected chi connectivity index (χ2v) is 6.16. The lowest BCUT2D eigenvalue weighted by Crippen LogP contribution is -2.19. The van der Waals surface area contributed by atoms with Crippen molar-refractivity contribution < 1.29 is 36.2 Å². The lowest BCUT2D eigenvalue weighted by molar-refractivity contribution is -0.274. The SMILES string of the molecule is O=C(O)c1ccc(S(=O)(=O)Nc2ccccc2OC(F)(F)F)cc1. The molecule has 0 heterocycles. The summed E-state index contributed by atoms with van der Waals surface area (Å²) in [6.45, 7) is 0. The maximum atomic E-state index is 12.3. The lowest BCUT2D eigenvalue weighted by Gasteiger charge is -2.14.